The van der Waals surface area contributed by atoms with Gasteiger partial charge in [-0.15, -0.1) is 0 Å². The van der Waals surface area contributed by atoms with Crippen LogP contribution in [0.3, 0.4) is 0 Å². The Bertz CT molecular complexity index is 844. The van der Waals surface area contributed by atoms with Crippen LogP contribution in [-0.4, -0.2) is 19.1 Å². The van der Waals surface area contributed by atoms with Gasteiger partial charge in [-0.1, -0.05) is 42.5 Å². The summed E-state index contributed by atoms with van der Waals surface area (Å²) in [7, 11) is 1.67. The van der Waals surface area contributed by atoms with Gasteiger partial charge in [-0.3, -0.25) is 9.13 Å². The molecule has 0 radical (unpaired) electrons. The van der Waals surface area contributed by atoms with Gasteiger partial charge in [-0.25, -0.2) is 9.78 Å². The molecule has 5 nitrogen and oxygen atoms in total. The molecule has 3 aromatic rings. The number of imidazole rings is 1. The predicted molar refractivity (Wildman–Crippen MR) is 75.7 cm³/mol. The van der Waals surface area contributed by atoms with Gasteiger partial charge in [0.2, 0.25) is 0 Å². The topological polar surface area (TPSA) is 55.6 Å². The smallest absolute Gasteiger partial charge is 0.330 e. The molecule has 0 amide bonds. The standard InChI is InChI=1S/C13H12N4OS/c1-16-12(19)10-11(15-8-14-10)17(13(16)18)7-9-5-3-2-4-6-9/h2-6,8H,7H2,1H3,(H,14,15). The monoisotopic (exact) mass is 272 g/mol. The van der Waals surface area contributed by atoms with E-state index in [1.165, 1.54) is 4.57 Å². The summed E-state index contributed by atoms with van der Waals surface area (Å²) in [6.45, 7) is 0.477. The third-order valence-electron chi connectivity index (χ3n) is 3.09. The van der Waals surface area contributed by atoms with Crippen LogP contribution >= 0.6 is 12.2 Å². The molecule has 0 unspecified atom stereocenters. The fourth-order valence-corrected chi connectivity index (χ4v) is 2.31. The van der Waals surface area contributed by atoms with Crippen LogP contribution in [0.25, 0.3) is 11.2 Å². The van der Waals surface area contributed by atoms with E-state index in [1.807, 2.05) is 30.3 Å². The Labute approximate surface area is 114 Å². The van der Waals surface area contributed by atoms with Crippen LogP contribution in [0.15, 0.2) is 41.5 Å². The zero-order valence-corrected chi connectivity index (χ0v) is 11.1. The van der Waals surface area contributed by atoms with Crippen molar-refractivity contribution in [1.82, 2.24) is 19.1 Å². The van der Waals surface area contributed by atoms with E-state index in [2.05, 4.69) is 9.97 Å². The van der Waals surface area contributed by atoms with Crippen molar-refractivity contribution in [1.29, 1.82) is 0 Å². The van der Waals surface area contributed by atoms with E-state index in [9.17, 15) is 4.79 Å². The number of aromatic nitrogens is 4. The van der Waals surface area contributed by atoms with E-state index >= 15 is 0 Å². The third kappa shape index (κ3) is 1.90. The quantitative estimate of drug-likeness (QED) is 0.724. The van der Waals surface area contributed by atoms with Crippen molar-refractivity contribution < 1.29 is 0 Å². The Balaban J connectivity index is 2.27. The lowest BCUT2D eigenvalue weighted by atomic mass is 10.2. The zero-order valence-electron chi connectivity index (χ0n) is 10.3. The highest BCUT2D eigenvalue weighted by Gasteiger charge is 2.10. The number of aromatic amines is 1. The van der Waals surface area contributed by atoms with Gasteiger partial charge in [0, 0.05) is 7.05 Å². The van der Waals surface area contributed by atoms with E-state index in [4.69, 9.17) is 12.2 Å². The first-order valence-corrected chi connectivity index (χ1v) is 6.26. The van der Waals surface area contributed by atoms with Gasteiger partial charge in [-0.05, 0) is 5.56 Å². The van der Waals surface area contributed by atoms with Gasteiger partial charge >= 0.3 is 5.69 Å². The maximum Gasteiger partial charge on any atom is 0.330 e. The minimum Gasteiger partial charge on any atom is -0.341 e. The van der Waals surface area contributed by atoms with Crippen molar-refractivity contribution >= 4 is 23.4 Å². The first-order chi connectivity index (χ1) is 9.18. The van der Waals surface area contributed by atoms with Crippen molar-refractivity contribution in [3.8, 4) is 0 Å². The van der Waals surface area contributed by atoms with E-state index in [1.54, 1.807) is 17.9 Å². The van der Waals surface area contributed by atoms with Gasteiger partial charge in [0.05, 0.1) is 12.9 Å². The maximum atomic E-state index is 12.3. The Hall–Kier alpha value is -2.21. The van der Waals surface area contributed by atoms with Crippen LogP contribution in [0, 0.1) is 4.64 Å². The van der Waals surface area contributed by atoms with Crippen molar-refractivity contribution in [3.05, 3.63) is 57.3 Å². The number of H-pyrrole nitrogens is 1. The second kappa shape index (κ2) is 4.47. The Morgan fingerprint density at radius 3 is 2.79 bits per heavy atom. The van der Waals surface area contributed by atoms with Crippen LogP contribution < -0.4 is 5.69 Å². The maximum absolute atomic E-state index is 12.3. The van der Waals surface area contributed by atoms with E-state index in [0.717, 1.165) is 5.56 Å². The molecular formula is C13H12N4OS. The normalized spacial score (nSPS) is 11.0. The predicted octanol–water partition coefficient (Wildman–Crippen LogP) is 1.84. The van der Waals surface area contributed by atoms with Crippen LogP contribution in [-0.2, 0) is 13.6 Å². The molecule has 0 aliphatic carbocycles. The molecule has 19 heavy (non-hydrogen) atoms. The van der Waals surface area contributed by atoms with E-state index < -0.39 is 0 Å². The van der Waals surface area contributed by atoms with Crippen molar-refractivity contribution in [2.45, 2.75) is 6.54 Å². The van der Waals surface area contributed by atoms with Crippen LogP contribution in [0.1, 0.15) is 5.56 Å². The first kappa shape index (κ1) is 11.9. The molecule has 0 atom stereocenters. The second-order valence-corrected chi connectivity index (χ2v) is 4.71. The molecule has 0 saturated heterocycles. The zero-order chi connectivity index (χ0) is 13.4. The Morgan fingerprint density at radius 1 is 1.32 bits per heavy atom. The molecule has 96 valence electrons. The van der Waals surface area contributed by atoms with Gasteiger partial charge in [0.15, 0.2) is 5.65 Å². The highest BCUT2D eigenvalue weighted by Crippen LogP contribution is 2.10. The minimum atomic E-state index is -0.159. The molecule has 1 N–H and O–H groups in total. The van der Waals surface area contributed by atoms with Gasteiger partial charge in [0.1, 0.15) is 10.2 Å². The summed E-state index contributed by atoms with van der Waals surface area (Å²) in [5, 5.41) is 0. The fraction of sp³-hybridized carbons (Fsp3) is 0.154. The molecule has 0 aliphatic rings. The number of nitrogens with one attached hydrogen (secondary N) is 1. The SMILES string of the molecule is Cn1c(=S)c2[nH]cnc2n(Cc2ccccc2)c1=O. The molecule has 0 spiro atoms. The van der Waals surface area contributed by atoms with E-state index in [0.29, 0.717) is 22.3 Å². The highest BCUT2D eigenvalue weighted by molar-refractivity contribution is 7.71. The summed E-state index contributed by atoms with van der Waals surface area (Å²) >= 11 is 5.24. The summed E-state index contributed by atoms with van der Waals surface area (Å²) in [5.74, 6) is 0. The van der Waals surface area contributed by atoms with E-state index in [-0.39, 0.29) is 5.69 Å². The molecule has 0 bridgehead atoms. The number of fused-ring (bicyclic) bond motifs is 1. The molecule has 0 fully saturated rings. The van der Waals surface area contributed by atoms with Gasteiger partial charge in [0.25, 0.3) is 0 Å². The Morgan fingerprint density at radius 2 is 2.05 bits per heavy atom. The summed E-state index contributed by atoms with van der Waals surface area (Å²) < 4.78 is 3.55. The summed E-state index contributed by atoms with van der Waals surface area (Å²) in [6, 6.07) is 9.80. The molecule has 1 aromatic carbocycles. The van der Waals surface area contributed by atoms with Crippen LogP contribution in [0.5, 0.6) is 0 Å². The second-order valence-electron chi connectivity index (χ2n) is 4.32. The average Bonchev–Trinajstić information content (AvgIpc) is 2.92. The molecule has 6 heteroatoms. The molecule has 3 rings (SSSR count). The fourth-order valence-electron chi connectivity index (χ4n) is 2.08. The molecular weight excluding hydrogens is 260 g/mol. The summed E-state index contributed by atoms with van der Waals surface area (Å²) in [4.78, 5) is 19.5. The molecule has 0 aliphatic heterocycles. The third-order valence-corrected chi connectivity index (χ3v) is 3.57. The van der Waals surface area contributed by atoms with Crippen LogP contribution in [0.4, 0.5) is 0 Å². The number of benzene rings is 1. The lowest BCUT2D eigenvalue weighted by Gasteiger charge is -2.09. The minimum absolute atomic E-state index is 0.159. The molecule has 2 heterocycles. The number of rotatable bonds is 2. The van der Waals surface area contributed by atoms with Crippen molar-refractivity contribution in [3.63, 3.8) is 0 Å². The number of hydrogen-bond acceptors (Lipinski definition) is 3. The lowest BCUT2D eigenvalue weighted by molar-refractivity contribution is 0.678. The number of nitrogens with zero attached hydrogens (tertiary/aromatic N) is 3. The highest BCUT2D eigenvalue weighted by atomic mass is 32.1. The largest absolute Gasteiger partial charge is 0.341 e. The molecule has 2 aromatic heterocycles. The lowest BCUT2D eigenvalue weighted by Crippen LogP contribution is -2.30. The first-order valence-electron chi connectivity index (χ1n) is 5.85. The van der Waals surface area contributed by atoms with Gasteiger partial charge in [-0.2, -0.15) is 0 Å². The average molecular weight is 272 g/mol. The molecule has 0 saturated carbocycles. The summed E-state index contributed by atoms with van der Waals surface area (Å²) in [6.07, 6.45) is 1.56. The van der Waals surface area contributed by atoms with Gasteiger partial charge < -0.3 is 4.98 Å². The number of hydrogen-bond donors (Lipinski definition) is 1. The van der Waals surface area contributed by atoms with Crippen molar-refractivity contribution in [2.24, 2.45) is 7.05 Å². The summed E-state index contributed by atoms with van der Waals surface area (Å²) in [5.41, 5.74) is 2.20. The van der Waals surface area contributed by atoms with Crippen molar-refractivity contribution in [2.75, 3.05) is 0 Å². The Kier molecular flexibility index (Phi) is 2.79. The van der Waals surface area contributed by atoms with Crippen LogP contribution in [0.2, 0.25) is 0 Å².